The minimum Gasteiger partial charge on any atom is -0.481 e. The van der Waals surface area contributed by atoms with Gasteiger partial charge < -0.3 is 5.11 Å². The highest BCUT2D eigenvalue weighted by Gasteiger charge is 2.00. The molecule has 0 aliphatic rings. The molecule has 0 fully saturated rings. The number of nitrogens with zero attached hydrogens (tertiary/aromatic N) is 1. The van der Waals surface area contributed by atoms with E-state index in [0.717, 1.165) is 16.3 Å². The lowest BCUT2D eigenvalue weighted by Gasteiger charge is -1.98. The van der Waals surface area contributed by atoms with Crippen molar-refractivity contribution in [2.45, 2.75) is 18.4 Å². The minimum absolute atomic E-state index is 0.0457. The van der Waals surface area contributed by atoms with E-state index in [1.165, 1.54) is 0 Å². The lowest BCUT2D eigenvalue weighted by atomic mass is 10.2. The molecule has 0 saturated heterocycles. The molecule has 1 N–H and O–H groups in total. The maximum Gasteiger partial charge on any atom is 0.307 e. The number of hydrogen-bond donors (Lipinski definition) is 1. The highest BCUT2D eigenvalue weighted by Crippen LogP contribution is 2.14. The van der Waals surface area contributed by atoms with Crippen LogP contribution in [0.4, 0.5) is 0 Å². The summed E-state index contributed by atoms with van der Waals surface area (Å²) in [6.45, 7) is 2.05. The molecule has 1 aromatic heterocycles. The summed E-state index contributed by atoms with van der Waals surface area (Å²) in [7, 11) is 0. The monoisotopic (exact) mass is 197 g/mol. The predicted octanol–water partition coefficient (Wildman–Crippen LogP) is 1.82. The standard InChI is InChI=1S/C9H11NO2S/c1-2-13-8-4-3-7(6-10-8)5-9(11)12/h3-4,6H,2,5H2,1H3,(H,11,12). The summed E-state index contributed by atoms with van der Waals surface area (Å²) >= 11 is 1.64. The number of rotatable bonds is 4. The molecule has 0 bridgehead atoms. The van der Waals surface area contributed by atoms with E-state index in [-0.39, 0.29) is 6.42 Å². The Morgan fingerprint density at radius 1 is 1.62 bits per heavy atom. The number of thioether (sulfide) groups is 1. The largest absolute Gasteiger partial charge is 0.481 e. The van der Waals surface area contributed by atoms with E-state index in [0.29, 0.717) is 0 Å². The van der Waals surface area contributed by atoms with Crippen LogP contribution in [0.2, 0.25) is 0 Å². The first-order valence-electron chi connectivity index (χ1n) is 4.02. The van der Waals surface area contributed by atoms with Crippen molar-refractivity contribution in [3.05, 3.63) is 23.9 Å². The zero-order valence-electron chi connectivity index (χ0n) is 7.36. The van der Waals surface area contributed by atoms with Crippen molar-refractivity contribution in [2.75, 3.05) is 5.75 Å². The molecule has 13 heavy (non-hydrogen) atoms. The van der Waals surface area contributed by atoms with Gasteiger partial charge in [0.15, 0.2) is 0 Å². The highest BCUT2D eigenvalue weighted by molar-refractivity contribution is 7.99. The first-order valence-corrected chi connectivity index (χ1v) is 5.00. The van der Waals surface area contributed by atoms with Gasteiger partial charge in [-0.2, -0.15) is 0 Å². The summed E-state index contributed by atoms with van der Waals surface area (Å²) in [6.07, 6.45) is 1.66. The summed E-state index contributed by atoms with van der Waals surface area (Å²) in [5.74, 6) is 0.156. The van der Waals surface area contributed by atoms with Gasteiger partial charge in [-0.3, -0.25) is 4.79 Å². The SMILES string of the molecule is CCSc1ccc(CC(=O)O)cn1. The first-order chi connectivity index (χ1) is 6.22. The first kappa shape index (κ1) is 10.1. The fourth-order valence-corrected chi connectivity index (χ4v) is 1.51. The van der Waals surface area contributed by atoms with Crippen molar-refractivity contribution in [1.29, 1.82) is 0 Å². The molecule has 0 aliphatic carbocycles. The molecule has 70 valence electrons. The molecule has 0 atom stereocenters. The summed E-state index contributed by atoms with van der Waals surface area (Å²) in [6, 6.07) is 3.66. The van der Waals surface area contributed by atoms with E-state index in [4.69, 9.17) is 5.11 Å². The molecule has 3 nitrogen and oxygen atoms in total. The topological polar surface area (TPSA) is 50.2 Å². The average Bonchev–Trinajstić information content (AvgIpc) is 2.08. The van der Waals surface area contributed by atoms with Gasteiger partial charge in [0.25, 0.3) is 0 Å². The second-order valence-electron chi connectivity index (χ2n) is 2.51. The van der Waals surface area contributed by atoms with Crippen LogP contribution in [0.25, 0.3) is 0 Å². The fraction of sp³-hybridized carbons (Fsp3) is 0.333. The Hall–Kier alpha value is -1.03. The summed E-state index contributed by atoms with van der Waals surface area (Å²) < 4.78 is 0. The van der Waals surface area contributed by atoms with Crippen molar-refractivity contribution >= 4 is 17.7 Å². The van der Waals surface area contributed by atoms with Crippen LogP contribution in [-0.2, 0) is 11.2 Å². The number of carbonyl (C=O) groups is 1. The Kier molecular flexibility index (Phi) is 3.76. The third-order valence-electron chi connectivity index (χ3n) is 1.45. The lowest BCUT2D eigenvalue weighted by molar-refractivity contribution is -0.136. The van der Waals surface area contributed by atoms with Gasteiger partial charge in [-0.1, -0.05) is 13.0 Å². The molecular weight excluding hydrogens is 186 g/mol. The molecule has 0 unspecified atom stereocenters. The van der Waals surface area contributed by atoms with Crippen LogP contribution in [-0.4, -0.2) is 21.8 Å². The zero-order valence-corrected chi connectivity index (χ0v) is 8.17. The van der Waals surface area contributed by atoms with Crippen LogP contribution >= 0.6 is 11.8 Å². The van der Waals surface area contributed by atoms with Crippen molar-refractivity contribution in [2.24, 2.45) is 0 Å². The second-order valence-corrected chi connectivity index (χ2v) is 3.79. The number of carboxylic acids is 1. The molecule has 0 saturated carbocycles. The Morgan fingerprint density at radius 2 is 2.38 bits per heavy atom. The van der Waals surface area contributed by atoms with Gasteiger partial charge >= 0.3 is 5.97 Å². The molecule has 1 aromatic rings. The van der Waals surface area contributed by atoms with Crippen molar-refractivity contribution in [3.8, 4) is 0 Å². The van der Waals surface area contributed by atoms with Crippen molar-refractivity contribution in [3.63, 3.8) is 0 Å². The van der Waals surface area contributed by atoms with Crippen LogP contribution in [0.5, 0.6) is 0 Å². The number of carboxylic acid groups (broad SMARTS) is 1. The normalized spacial score (nSPS) is 9.92. The second kappa shape index (κ2) is 4.87. The van der Waals surface area contributed by atoms with Crippen LogP contribution in [0.15, 0.2) is 23.4 Å². The number of hydrogen-bond acceptors (Lipinski definition) is 3. The number of pyridine rings is 1. The average molecular weight is 197 g/mol. The van der Waals surface area contributed by atoms with E-state index in [1.807, 2.05) is 6.07 Å². The Balaban J connectivity index is 2.64. The quantitative estimate of drug-likeness (QED) is 0.748. The van der Waals surface area contributed by atoms with Crippen LogP contribution in [0, 0.1) is 0 Å². The molecular formula is C9H11NO2S. The van der Waals surface area contributed by atoms with Gasteiger partial charge in [0.05, 0.1) is 11.4 Å². The molecule has 0 radical (unpaired) electrons. The Labute approximate surface area is 81.2 Å². The fourth-order valence-electron chi connectivity index (χ4n) is 0.923. The van der Waals surface area contributed by atoms with Gasteiger partial charge in [0.1, 0.15) is 0 Å². The van der Waals surface area contributed by atoms with Gasteiger partial charge in [-0.05, 0) is 17.4 Å². The third-order valence-corrected chi connectivity index (χ3v) is 2.27. The molecule has 1 heterocycles. The van der Waals surface area contributed by atoms with Crippen molar-refractivity contribution in [1.82, 2.24) is 4.98 Å². The maximum atomic E-state index is 10.3. The van der Waals surface area contributed by atoms with Crippen LogP contribution in [0.3, 0.4) is 0 Å². The van der Waals surface area contributed by atoms with Crippen molar-refractivity contribution < 1.29 is 9.90 Å². The smallest absolute Gasteiger partial charge is 0.307 e. The van der Waals surface area contributed by atoms with E-state index in [2.05, 4.69) is 11.9 Å². The van der Waals surface area contributed by atoms with Gasteiger partial charge in [-0.25, -0.2) is 4.98 Å². The predicted molar refractivity (Wildman–Crippen MR) is 52.0 cm³/mol. The number of aromatic nitrogens is 1. The van der Waals surface area contributed by atoms with Gasteiger partial charge in [0.2, 0.25) is 0 Å². The lowest BCUT2D eigenvalue weighted by Crippen LogP contribution is -2.00. The van der Waals surface area contributed by atoms with E-state index in [9.17, 15) is 4.79 Å². The van der Waals surface area contributed by atoms with Gasteiger partial charge in [-0.15, -0.1) is 11.8 Å². The Bertz CT molecular complexity index is 284. The van der Waals surface area contributed by atoms with E-state index < -0.39 is 5.97 Å². The molecule has 0 aliphatic heterocycles. The van der Waals surface area contributed by atoms with Crippen LogP contribution in [0.1, 0.15) is 12.5 Å². The molecule has 4 heteroatoms. The van der Waals surface area contributed by atoms with E-state index in [1.54, 1.807) is 24.0 Å². The number of aliphatic carboxylic acids is 1. The minimum atomic E-state index is -0.822. The van der Waals surface area contributed by atoms with Gasteiger partial charge in [0, 0.05) is 6.20 Å². The Morgan fingerprint density at radius 3 is 2.85 bits per heavy atom. The molecule has 0 spiro atoms. The summed E-state index contributed by atoms with van der Waals surface area (Å²) in [5.41, 5.74) is 0.743. The summed E-state index contributed by atoms with van der Waals surface area (Å²) in [5, 5.41) is 9.45. The van der Waals surface area contributed by atoms with E-state index >= 15 is 0 Å². The zero-order chi connectivity index (χ0) is 9.68. The molecule has 0 aromatic carbocycles. The highest BCUT2D eigenvalue weighted by atomic mass is 32.2. The third kappa shape index (κ3) is 3.46. The molecule has 0 amide bonds. The maximum absolute atomic E-state index is 10.3. The summed E-state index contributed by atoms with van der Waals surface area (Å²) in [4.78, 5) is 14.5. The van der Waals surface area contributed by atoms with Crippen LogP contribution < -0.4 is 0 Å². The molecule has 1 rings (SSSR count).